The SMILES string of the molecule is CCCc1ccc(Nc2nccc(C#N)c2N)cc1. The van der Waals surface area contributed by atoms with Crippen molar-refractivity contribution in [3.63, 3.8) is 0 Å². The van der Waals surface area contributed by atoms with E-state index in [0.29, 0.717) is 17.1 Å². The number of nitrogens with two attached hydrogens (primary N) is 1. The van der Waals surface area contributed by atoms with Gasteiger partial charge in [-0.1, -0.05) is 25.5 Å². The minimum absolute atomic E-state index is 0.377. The lowest BCUT2D eigenvalue weighted by Gasteiger charge is -2.09. The predicted octanol–water partition coefficient (Wildman–Crippen LogP) is 3.23. The van der Waals surface area contributed by atoms with Gasteiger partial charge in [-0.15, -0.1) is 0 Å². The van der Waals surface area contributed by atoms with Crippen LogP contribution in [0.5, 0.6) is 0 Å². The molecule has 0 saturated carbocycles. The van der Waals surface area contributed by atoms with Crippen LogP contribution in [0.4, 0.5) is 17.2 Å². The van der Waals surface area contributed by atoms with E-state index in [-0.39, 0.29) is 0 Å². The Morgan fingerprint density at radius 2 is 2.00 bits per heavy atom. The van der Waals surface area contributed by atoms with Gasteiger partial charge >= 0.3 is 0 Å². The van der Waals surface area contributed by atoms with Crippen LogP contribution in [0, 0.1) is 11.3 Å². The molecule has 19 heavy (non-hydrogen) atoms. The molecule has 0 atom stereocenters. The number of hydrogen-bond donors (Lipinski definition) is 2. The van der Waals surface area contributed by atoms with Crippen molar-refractivity contribution in [2.24, 2.45) is 0 Å². The lowest BCUT2D eigenvalue weighted by molar-refractivity contribution is 0.922. The molecule has 0 fully saturated rings. The standard InChI is InChI=1S/C15H16N4/c1-2-3-11-4-6-13(7-5-11)19-15-14(17)12(10-16)8-9-18-15/h4-9H,2-3,17H2,1H3,(H,18,19). The van der Waals surface area contributed by atoms with Gasteiger partial charge in [0, 0.05) is 11.9 Å². The molecule has 1 aromatic heterocycles. The normalized spacial score (nSPS) is 9.89. The van der Waals surface area contributed by atoms with Crippen LogP contribution in [0.25, 0.3) is 0 Å². The number of anilines is 3. The van der Waals surface area contributed by atoms with Gasteiger partial charge in [0.15, 0.2) is 5.82 Å². The maximum Gasteiger partial charge on any atom is 0.154 e. The molecule has 0 aliphatic heterocycles. The van der Waals surface area contributed by atoms with Crippen molar-refractivity contribution in [1.29, 1.82) is 5.26 Å². The van der Waals surface area contributed by atoms with Gasteiger partial charge in [0.25, 0.3) is 0 Å². The Hall–Kier alpha value is -2.54. The molecule has 1 aromatic carbocycles. The topological polar surface area (TPSA) is 74.7 Å². The number of hydrogen-bond acceptors (Lipinski definition) is 4. The molecule has 4 heteroatoms. The van der Waals surface area contributed by atoms with Crippen LogP contribution in [-0.2, 0) is 6.42 Å². The predicted molar refractivity (Wildman–Crippen MR) is 77.1 cm³/mol. The fourth-order valence-corrected chi connectivity index (χ4v) is 1.85. The second kappa shape index (κ2) is 5.87. The maximum absolute atomic E-state index is 8.92. The van der Waals surface area contributed by atoms with Crippen LogP contribution >= 0.6 is 0 Å². The van der Waals surface area contributed by atoms with E-state index in [9.17, 15) is 0 Å². The molecule has 0 spiro atoms. The first-order chi connectivity index (χ1) is 9.24. The first-order valence-electron chi connectivity index (χ1n) is 6.25. The van der Waals surface area contributed by atoms with E-state index >= 15 is 0 Å². The third kappa shape index (κ3) is 3.02. The number of nitrogens with zero attached hydrogens (tertiary/aromatic N) is 2. The largest absolute Gasteiger partial charge is 0.395 e. The molecule has 0 aliphatic rings. The van der Waals surface area contributed by atoms with E-state index in [1.54, 1.807) is 12.3 Å². The zero-order chi connectivity index (χ0) is 13.7. The second-order valence-electron chi connectivity index (χ2n) is 4.30. The zero-order valence-electron chi connectivity index (χ0n) is 10.9. The quantitative estimate of drug-likeness (QED) is 0.876. The van der Waals surface area contributed by atoms with Gasteiger partial charge < -0.3 is 11.1 Å². The summed E-state index contributed by atoms with van der Waals surface area (Å²) in [7, 11) is 0. The summed E-state index contributed by atoms with van der Waals surface area (Å²) in [6.45, 7) is 2.16. The average molecular weight is 252 g/mol. The van der Waals surface area contributed by atoms with E-state index in [1.807, 2.05) is 18.2 Å². The van der Waals surface area contributed by atoms with Crippen molar-refractivity contribution >= 4 is 17.2 Å². The molecular formula is C15H16N4. The summed E-state index contributed by atoms with van der Waals surface area (Å²) in [4.78, 5) is 4.15. The molecule has 0 radical (unpaired) electrons. The first-order valence-corrected chi connectivity index (χ1v) is 6.25. The molecule has 0 bridgehead atoms. The summed E-state index contributed by atoms with van der Waals surface area (Å²) in [5.74, 6) is 0.516. The summed E-state index contributed by atoms with van der Waals surface area (Å²) >= 11 is 0. The fraction of sp³-hybridized carbons (Fsp3) is 0.200. The number of nitriles is 1. The van der Waals surface area contributed by atoms with Crippen LogP contribution in [0.2, 0.25) is 0 Å². The van der Waals surface area contributed by atoms with Crippen molar-refractivity contribution in [2.75, 3.05) is 11.1 Å². The van der Waals surface area contributed by atoms with Crippen molar-refractivity contribution in [2.45, 2.75) is 19.8 Å². The van der Waals surface area contributed by atoms with Gasteiger partial charge in [0.2, 0.25) is 0 Å². The Balaban J connectivity index is 2.19. The molecule has 0 unspecified atom stereocenters. The molecule has 4 nitrogen and oxygen atoms in total. The average Bonchev–Trinajstić information content (AvgIpc) is 2.43. The van der Waals surface area contributed by atoms with E-state index < -0.39 is 0 Å². The van der Waals surface area contributed by atoms with Crippen molar-refractivity contribution < 1.29 is 0 Å². The van der Waals surface area contributed by atoms with Crippen molar-refractivity contribution in [3.05, 3.63) is 47.7 Å². The highest BCUT2D eigenvalue weighted by atomic mass is 15.0. The zero-order valence-corrected chi connectivity index (χ0v) is 10.9. The molecule has 2 aromatic rings. The van der Waals surface area contributed by atoms with Crippen LogP contribution in [-0.4, -0.2) is 4.98 Å². The summed E-state index contributed by atoms with van der Waals surface area (Å²) < 4.78 is 0. The van der Waals surface area contributed by atoms with Crippen molar-refractivity contribution in [1.82, 2.24) is 4.98 Å². The number of rotatable bonds is 4. The fourth-order valence-electron chi connectivity index (χ4n) is 1.85. The monoisotopic (exact) mass is 252 g/mol. The number of pyridine rings is 1. The van der Waals surface area contributed by atoms with Gasteiger partial charge in [-0.2, -0.15) is 5.26 Å². The lowest BCUT2D eigenvalue weighted by Crippen LogP contribution is -2.01. The Morgan fingerprint density at radius 3 is 2.63 bits per heavy atom. The third-order valence-corrected chi connectivity index (χ3v) is 2.87. The summed E-state index contributed by atoms with van der Waals surface area (Å²) in [5.41, 5.74) is 8.90. The molecule has 0 saturated heterocycles. The minimum atomic E-state index is 0.377. The van der Waals surface area contributed by atoms with Crippen LogP contribution in [0.3, 0.4) is 0 Å². The number of nitrogens with one attached hydrogen (secondary N) is 1. The number of nitrogen functional groups attached to an aromatic ring is 1. The maximum atomic E-state index is 8.92. The van der Waals surface area contributed by atoms with Crippen LogP contribution in [0.1, 0.15) is 24.5 Å². The van der Waals surface area contributed by atoms with Crippen LogP contribution in [0.15, 0.2) is 36.5 Å². The second-order valence-corrected chi connectivity index (χ2v) is 4.30. The number of aromatic nitrogens is 1. The Bertz CT molecular complexity index is 597. The number of aryl methyl sites for hydroxylation is 1. The van der Waals surface area contributed by atoms with Gasteiger partial charge in [0.1, 0.15) is 6.07 Å². The molecule has 2 rings (SSSR count). The van der Waals surface area contributed by atoms with E-state index in [0.717, 1.165) is 18.5 Å². The Kier molecular flexibility index (Phi) is 3.99. The molecule has 96 valence electrons. The number of benzene rings is 1. The van der Waals surface area contributed by atoms with Gasteiger partial charge in [-0.25, -0.2) is 4.98 Å². The van der Waals surface area contributed by atoms with Crippen LogP contribution < -0.4 is 11.1 Å². The Morgan fingerprint density at radius 1 is 1.26 bits per heavy atom. The lowest BCUT2D eigenvalue weighted by atomic mass is 10.1. The van der Waals surface area contributed by atoms with Gasteiger partial charge in [-0.3, -0.25) is 0 Å². The molecule has 1 heterocycles. The van der Waals surface area contributed by atoms with E-state index in [1.165, 1.54) is 5.56 Å². The minimum Gasteiger partial charge on any atom is -0.395 e. The summed E-state index contributed by atoms with van der Waals surface area (Å²) in [5, 5.41) is 12.0. The summed E-state index contributed by atoms with van der Waals surface area (Å²) in [6, 6.07) is 11.8. The highest BCUT2D eigenvalue weighted by Crippen LogP contribution is 2.23. The van der Waals surface area contributed by atoms with Gasteiger partial charge in [-0.05, 0) is 30.2 Å². The smallest absolute Gasteiger partial charge is 0.154 e. The molecular weight excluding hydrogens is 236 g/mol. The highest BCUT2D eigenvalue weighted by molar-refractivity contribution is 5.73. The van der Waals surface area contributed by atoms with Gasteiger partial charge in [0.05, 0.1) is 11.3 Å². The first kappa shape index (κ1) is 12.9. The Labute approximate surface area is 112 Å². The third-order valence-electron chi connectivity index (χ3n) is 2.87. The molecule has 0 amide bonds. The van der Waals surface area contributed by atoms with Crippen molar-refractivity contribution in [3.8, 4) is 6.07 Å². The molecule has 3 N–H and O–H groups in total. The highest BCUT2D eigenvalue weighted by Gasteiger charge is 2.05. The van der Waals surface area contributed by atoms with E-state index in [4.69, 9.17) is 11.0 Å². The summed E-state index contributed by atoms with van der Waals surface area (Å²) in [6.07, 6.45) is 3.78. The van der Waals surface area contributed by atoms with E-state index in [2.05, 4.69) is 29.4 Å². The molecule has 0 aliphatic carbocycles.